The van der Waals surface area contributed by atoms with Gasteiger partial charge in [-0.1, -0.05) is 72.3 Å². The lowest BCUT2D eigenvalue weighted by Crippen LogP contribution is -2.26. The van der Waals surface area contributed by atoms with Crippen molar-refractivity contribution in [1.29, 1.82) is 0 Å². The number of amides is 1. The van der Waals surface area contributed by atoms with E-state index in [0.717, 1.165) is 11.1 Å². The summed E-state index contributed by atoms with van der Waals surface area (Å²) in [6, 6.07) is 19.0. The summed E-state index contributed by atoms with van der Waals surface area (Å²) in [5.74, 6) is 0.00601. The zero-order valence-electron chi connectivity index (χ0n) is 17.7. The van der Waals surface area contributed by atoms with Gasteiger partial charge >= 0.3 is 6.09 Å². The second-order valence-electron chi connectivity index (χ2n) is 7.63. The molecule has 0 fully saturated rings. The normalized spacial score (nSPS) is 12.4. The summed E-state index contributed by atoms with van der Waals surface area (Å²) in [5, 5.41) is 14.1. The van der Waals surface area contributed by atoms with Crippen molar-refractivity contribution in [3.8, 4) is 11.1 Å². The number of hydrogen-bond acceptors (Lipinski definition) is 5. The number of nitrogens with one attached hydrogen (secondary N) is 1. The third-order valence-electron chi connectivity index (χ3n) is 5.56. The average molecular weight is 464 g/mol. The molecule has 0 aliphatic heterocycles. The first-order chi connectivity index (χ1) is 16.0. The fraction of sp³-hybridized carbons (Fsp3) is 0.160. The van der Waals surface area contributed by atoms with Crippen molar-refractivity contribution in [1.82, 2.24) is 5.32 Å². The number of nitrogen functional groups attached to an aromatic ring is 1. The standard InChI is InChI=1S/C25H22ClN3O4/c26-22-14-23(27)24(29(31)32)13-16(22)7-5-6-12-28-25(30)33-15-21-19-10-3-1-8-17(19)18-9-2-4-11-20(18)21/h1-5,7-11,13-14,21H,6,12,15,27H2,(H,28,30). The number of hydrogen-bond donors (Lipinski definition) is 2. The molecule has 0 radical (unpaired) electrons. The second-order valence-corrected chi connectivity index (χ2v) is 8.04. The Morgan fingerprint density at radius 1 is 1.12 bits per heavy atom. The summed E-state index contributed by atoms with van der Waals surface area (Å²) in [6.07, 6.45) is 3.43. The molecule has 3 aromatic rings. The molecule has 0 aromatic heterocycles. The topological polar surface area (TPSA) is 107 Å². The van der Waals surface area contributed by atoms with Gasteiger partial charge in [-0.2, -0.15) is 0 Å². The van der Waals surface area contributed by atoms with Gasteiger partial charge in [0.15, 0.2) is 0 Å². The molecule has 0 atom stereocenters. The van der Waals surface area contributed by atoms with Crippen molar-refractivity contribution in [3.05, 3.63) is 98.6 Å². The van der Waals surface area contributed by atoms with E-state index in [4.69, 9.17) is 22.1 Å². The number of rotatable bonds is 7. The Morgan fingerprint density at radius 3 is 2.39 bits per heavy atom. The lowest BCUT2D eigenvalue weighted by molar-refractivity contribution is -0.383. The van der Waals surface area contributed by atoms with E-state index in [2.05, 4.69) is 29.6 Å². The van der Waals surface area contributed by atoms with E-state index in [-0.39, 0.29) is 23.9 Å². The predicted molar refractivity (Wildman–Crippen MR) is 129 cm³/mol. The van der Waals surface area contributed by atoms with Crippen LogP contribution >= 0.6 is 11.6 Å². The second kappa shape index (κ2) is 9.75. The lowest BCUT2D eigenvalue weighted by Gasteiger charge is -2.14. The zero-order valence-corrected chi connectivity index (χ0v) is 18.4. The number of carbonyl (C=O) groups excluding carboxylic acids is 1. The number of alkyl carbamates (subject to hydrolysis) is 1. The molecule has 33 heavy (non-hydrogen) atoms. The van der Waals surface area contributed by atoms with Gasteiger partial charge in [0, 0.05) is 18.5 Å². The molecule has 168 valence electrons. The number of nitrogens with zero attached hydrogens (tertiary/aromatic N) is 1. The van der Waals surface area contributed by atoms with Crippen LogP contribution in [0.2, 0.25) is 5.02 Å². The van der Waals surface area contributed by atoms with Crippen LogP contribution in [-0.4, -0.2) is 24.2 Å². The number of nitro groups is 1. The molecule has 1 aliphatic carbocycles. The van der Waals surface area contributed by atoms with Crippen molar-refractivity contribution in [2.75, 3.05) is 18.9 Å². The highest BCUT2D eigenvalue weighted by Crippen LogP contribution is 2.44. The Kier molecular flexibility index (Phi) is 6.60. The summed E-state index contributed by atoms with van der Waals surface area (Å²) in [4.78, 5) is 22.7. The minimum atomic E-state index is -0.554. The van der Waals surface area contributed by atoms with E-state index in [1.807, 2.05) is 24.3 Å². The maximum atomic E-state index is 12.2. The fourth-order valence-electron chi connectivity index (χ4n) is 4.00. The van der Waals surface area contributed by atoms with Crippen LogP contribution in [0.15, 0.2) is 66.7 Å². The summed E-state index contributed by atoms with van der Waals surface area (Å²) in [7, 11) is 0. The molecule has 0 bridgehead atoms. The monoisotopic (exact) mass is 463 g/mol. The molecule has 0 saturated carbocycles. The first kappa shape index (κ1) is 22.4. The molecule has 1 amide bonds. The van der Waals surface area contributed by atoms with Crippen LogP contribution in [0.3, 0.4) is 0 Å². The van der Waals surface area contributed by atoms with Crippen LogP contribution in [0.4, 0.5) is 16.2 Å². The molecule has 0 saturated heterocycles. The third-order valence-corrected chi connectivity index (χ3v) is 5.89. The minimum absolute atomic E-state index is 0.00601. The number of nitrogens with two attached hydrogens (primary N) is 1. The van der Waals surface area contributed by atoms with Crippen molar-refractivity contribution in [2.24, 2.45) is 0 Å². The van der Waals surface area contributed by atoms with Crippen LogP contribution in [0.1, 0.15) is 29.0 Å². The van der Waals surface area contributed by atoms with E-state index < -0.39 is 11.0 Å². The molecule has 0 heterocycles. The summed E-state index contributed by atoms with van der Waals surface area (Å²) in [5.41, 5.74) is 10.6. The first-order valence-corrected chi connectivity index (χ1v) is 10.8. The van der Waals surface area contributed by atoms with Gasteiger partial charge in [0.1, 0.15) is 12.3 Å². The van der Waals surface area contributed by atoms with Gasteiger partial charge < -0.3 is 15.8 Å². The SMILES string of the molecule is Nc1cc(Cl)c(C=CCCNC(=O)OCC2c3ccccc3-c3ccccc32)cc1[N+](=O)[O-]. The number of benzene rings is 3. The maximum absolute atomic E-state index is 12.2. The smallest absolute Gasteiger partial charge is 0.407 e. The highest BCUT2D eigenvalue weighted by molar-refractivity contribution is 6.32. The molecule has 3 aromatic carbocycles. The van der Waals surface area contributed by atoms with Gasteiger partial charge in [0.25, 0.3) is 5.69 Å². The Bertz CT molecular complexity index is 1200. The van der Waals surface area contributed by atoms with Gasteiger partial charge in [-0.05, 0) is 40.3 Å². The van der Waals surface area contributed by atoms with Gasteiger partial charge in [0.05, 0.1) is 9.95 Å². The largest absolute Gasteiger partial charge is 0.449 e. The molecule has 3 N–H and O–H groups in total. The van der Waals surface area contributed by atoms with E-state index in [0.29, 0.717) is 23.6 Å². The summed E-state index contributed by atoms with van der Waals surface area (Å²) in [6.45, 7) is 0.599. The Morgan fingerprint density at radius 2 is 1.76 bits per heavy atom. The van der Waals surface area contributed by atoms with Crippen molar-refractivity contribution in [2.45, 2.75) is 12.3 Å². The minimum Gasteiger partial charge on any atom is -0.449 e. The Hall–Kier alpha value is -3.84. The molecular weight excluding hydrogens is 442 g/mol. The van der Waals surface area contributed by atoms with Gasteiger partial charge in [0.2, 0.25) is 0 Å². The van der Waals surface area contributed by atoms with E-state index in [1.54, 1.807) is 12.2 Å². The van der Waals surface area contributed by atoms with Crippen LogP contribution in [-0.2, 0) is 4.74 Å². The Balaban J connectivity index is 1.29. The predicted octanol–water partition coefficient (Wildman–Crippen LogP) is 5.77. The highest BCUT2D eigenvalue weighted by Gasteiger charge is 2.28. The van der Waals surface area contributed by atoms with Crippen molar-refractivity contribution in [3.63, 3.8) is 0 Å². The maximum Gasteiger partial charge on any atom is 0.407 e. The molecule has 0 unspecified atom stereocenters. The number of anilines is 1. The lowest BCUT2D eigenvalue weighted by atomic mass is 9.98. The fourth-order valence-corrected chi connectivity index (χ4v) is 4.23. The number of nitro benzene ring substituents is 1. The molecule has 1 aliphatic rings. The third kappa shape index (κ3) is 4.83. The number of fused-ring (bicyclic) bond motifs is 3. The van der Waals surface area contributed by atoms with Crippen LogP contribution < -0.4 is 11.1 Å². The van der Waals surface area contributed by atoms with Crippen molar-refractivity contribution < 1.29 is 14.5 Å². The first-order valence-electron chi connectivity index (χ1n) is 10.4. The van der Waals surface area contributed by atoms with Crippen LogP contribution in [0.5, 0.6) is 0 Å². The molecule has 8 heteroatoms. The van der Waals surface area contributed by atoms with E-state index in [1.165, 1.54) is 23.3 Å². The molecular formula is C25H22ClN3O4. The molecule has 4 rings (SSSR count). The van der Waals surface area contributed by atoms with Crippen molar-refractivity contribution >= 4 is 35.1 Å². The quantitative estimate of drug-likeness (QED) is 0.200. The van der Waals surface area contributed by atoms with Crippen LogP contribution in [0, 0.1) is 10.1 Å². The van der Waals surface area contributed by atoms with E-state index >= 15 is 0 Å². The summed E-state index contributed by atoms with van der Waals surface area (Å²) < 4.78 is 5.49. The van der Waals surface area contributed by atoms with Gasteiger partial charge in [-0.15, -0.1) is 0 Å². The summed E-state index contributed by atoms with van der Waals surface area (Å²) >= 11 is 6.10. The van der Waals surface area contributed by atoms with E-state index in [9.17, 15) is 14.9 Å². The highest BCUT2D eigenvalue weighted by atomic mass is 35.5. The zero-order chi connectivity index (χ0) is 23.4. The molecule has 7 nitrogen and oxygen atoms in total. The number of ether oxygens (including phenoxy) is 1. The van der Waals surface area contributed by atoms with Crippen LogP contribution in [0.25, 0.3) is 17.2 Å². The number of halogens is 1. The number of carbonyl (C=O) groups is 1. The average Bonchev–Trinajstić information content (AvgIpc) is 3.12. The molecule has 0 spiro atoms. The van der Waals surface area contributed by atoms with Gasteiger partial charge in [-0.25, -0.2) is 4.79 Å². The van der Waals surface area contributed by atoms with Gasteiger partial charge in [-0.3, -0.25) is 10.1 Å². The Labute approximate surface area is 196 Å².